The van der Waals surface area contributed by atoms with E-state index in [4.69, 9.17) is 9.84 Å². The first-order valence-corrected chi connectivity index (χ1v) is 6.93. The fourth-order valence-electron chi connectivity index (χ4n) is 2.78. The van der Waals surface area contributed by atoms with Gasteiger partial charge < -0.3 is 14.7 Å². The van der Waals surface area contributed by atoms with Crippen LogP contribution in [-0.2, 0) is 14.3 Å². The number of carboxylic acid groups (broad SMARTS) is 1. The van der Waals surface area contributed by atoms with E-state index in [0.29, 0.717) is 13.2 Å². The van der Waals surface area contributed by atoms with Crippen LogP contribution in [0.4, 0.5) is 0 Å². The lowest BCUT2D eigenvalue weighted by molar-refractivity contribution is -0.150. The predicted octanol–water partition coefficient (Wildman–Crippen LogP) is 1.43. The SMILES string of the molecule is O=C(O)CN(C(=O)C1CC=CCC1)C1CCOCC1. The second-order valence-corrected chi connectivity index (χ2v) is 5.18. The van der Waals surface area contributed by atoms with Gasteiger partial charge in [0.1, 0.15) is 6.54 Å². The van der Waals surface area contributed by atoms with Gasteiger partial charge in [0.2, 0.25) is 5.91 Å². The Kier molecular flexibility index (Phi) is 4.96. The van der Waals surface area contributed by atoms with Gasteiger partial charge in [-0.25, -0.2) is 0 Å². The summed E-state index contributed by atoms with van der Waals surface area (Å²) in [7, 11) is 0. The van der Waals surface area contributed by atoms with Crippen molar-refractivity contribution in [3.8, 4) is 0 Å². The van der Waals surface area contributed by atoms with Gasteiger partial charge in [-0.3, -0.25) is 9.59 Å². The van der Waals surface area contributed by atoms with Crippen molar-refractivity contribution in [3.63, 3.8) is 0 Å². The van der Waals surface area contributed by atoms with Gasteiger partial charge in [-0.15, -0.1) is 0 Å². The number of nitrogens with zero attached hydrogens (tertiary/aromatic N) is 1. The van der Waals surface area contributed by atoms with Crippen molar-refractivity contribution in [2.75, 3.05) is 19.8 Å². The molecular weight excluding hydrogens is 246 g/mol. The summed E-state index contributed by atoms with van der Waals surface area (Å²) in [6.45, 7) is 1.03. The highest BCUT2D eigenvalue weighted by Gasteiger charge is 2.31. The molecule has 0 aromatic carbocycles. The zero-order valence-corrected chi connectivity index (χ0v) is 11.1. The van der Waals surface area contributed by atoms with E-state index >= 15 is 0 Å². The molecule has 1 aliphatic carbocycles. The Morgan fingerprint density at radius 3 is 2.53 bits per heavy atom. The first kappa shape index (κ1) is 14.1. The molecule has 0 aromatic heterocycles. The highest BCUT2D eigenvalue weighted by Crippen LogP contribution is 2.24. The van der Waals surface area contributed by atoms with Crippen LogP contribution in [0, 0.1) is 5.92 Å². The Bertz CT molecular complexity index is 360. The normalized spacial score (nSPS) is 24.1. The van der Waals surface area contributed by atoms with E-state index in [9.17, 15) is 9.59 Å². The number of hydrogen-bond donors (Lipinski definition) is 1. The van der Waals surface area contributed by atoms with Gasteiger partial charge in [-0.2, -0.15) is 0 Å². The number of allylic oxidation sites excluding steroid dienone is 2. The third kappa shape index (κ3) is 3.80. The topological polar surface area (TPSA) is 66.8 Å². The first-order chi connectivity index (χ1) is 9.18. The molecule has 5 heteroatoms. The quantitative estimate of drug-likeness (QED) is 0.783. The molecule has 0 radical (unpaired) electrons. The van der Waals surface area contributed by atoms with Gasteiger partial charge in [0.15, 0.2) is 0 Å². The minimum absolute atomic E-state index is 0.00125. The molecule has 106 valence electrons. The van der Waals surface area contributed by atoms with Crippen molar-refractivity contribution < 1.29 is 19.4 Å². The Labute approximate surface area is 113 Å². The maximum Gasteiger partial charge on any atom is 0.323 e. The second-order valence-electron chi connectivity index (χ2n) is 5.18. The molecule has 1 unspecified atom stereocenters. The summed E-state index contributed by atoms with van der Waals surface area (Å²) in [5.41, 5.74) is 0. The van der Waals surface area contributed by atoms with Crippen LogP contribution in [0.2, 0.25) is 0 Å². The standard InChI is InChI=1S/C14H21NO4/c16-13(17)10-15(12-6-8-19-9-7-12)14(18)11-4-2-1-3-5-11/h1-2,11-12H,3-10H2,(H,16,17). The highest BCUT2D eigenvalue weighted by molar-refractivity contribution is 5.83. The summed E-state index contributed by atoms with van der Waals surface area (Å²) >= 11 is 0. The fraction of sp³-hybridized carbons (Fsp3) is 0.714. The van der Waals surface area contributed by atoms with Crippen LogP contribution in [0.1, 0.15) is 32.1 Å². The monoisotopic (exact) mass is 267 g/mol. The summed E-state index contributed by atoms with van der Waals surface area (Å²) in [4.78, 5) is 25.1. The van der Waals surface area contributed by atoms with Gasteiger partial charge in [0, 0.05) is 25.2 Å². The summed E-state index contributed by atoms with van der Waals surface area (Å²) in [6.07, 6.45) is 8.05. The summed E-state index contributed by atoms with van der Waals surface area (Å²) < 4.78 is 5.28. The summed E-state index contributed by atoms with van der Waals surface area (Å²) in [5, 5.41) is 9.02. The third-order valence-corrected chi connectivity index (χ3v) is 3.84. The third-order valence-electron chi connectivity index (χ3n) is 3.84. The molecule has 5 nitrogen and oxygen atoms in total. The van der Waals surface area contributed by atoms with Crippen LogP contribution < -0.4 is 0 Å². The smallest absolute Gasteiger partial charge is 0.323 e. The molecule has 19 heavy (non-hydrogen) atoms. The van der Waals surface area contributed by atoms with Gasteiger partial charge in [0.25, 0.3) is 0 Å². The van der Waals surface area contributed by atoms with E-state index < -0.39 is 5.97 Å². The zero-order chi connectivity index (χ0) is 13.7. The molecule has 2 aliphatic rings. The Balaban J connectivity index is 2.04. The lowest BCUT2D eigenvalue weighted by atomic mass is 9.92. The van der Waals surface area contributed by atoms with Gasteiger partial charge in [-0.05, 0) is 32.1 Å². The van der Waals surface area contributed by atoms with Gasteiger partial charge >= 0.3 is 5.97 Å². The number of rotatable bonds is 4. The van der Waals surface area contributed by atoms with Crippen molar-refractivity contribution in [1.82, 2.24) is 4.90 Å². The number of carbonyl (C=O) groups is 2. The van der Waals surface area contributed by atoms with Crippen LogP contribution in [0.3, 0.4) is 0 Å². The van der Waals surface area contributed by atoms with E-state index in [1.807, 2.05) is 6.08 Å². The van der Waals surface area contributed by atoms with E-state index in [1.54, 1.807) is 4.90 Å². The molecule has 0 saturated carbocycles. The lowest BCUT2D eigenvalue weighted by Gasteiger charge is -2.35. The van der Waals surface area contributed by atoms with Crippen LogP contribution in [-0.4, -0.2) is 47.7 Å². The second kappa shape index (κ2) is 6.70. The molecular formula is C14H21NO4. The van der Waals surface area contributed by atoms with Crippen LogP contribution in [0.15, 0.2) is 12.2 Å². The minimum Gasteiger partial charge on any atom is -0.480 e. The molecule has 1 N–H and O–H groups in total. The maximum absolute atomic E-state index is 12.5. The first-order valence-electron chi connectivity index (χ1n) is 6.93. The number of carboxylic acids is 1. The minimum atomic E-state index is -0.939. The van der Waals surface area contributed by atoms with E-state index in [0.717, 1.165) is 32.1 Å². The highest BCUT2D eigenvalue weighted by atomic mass is 16.5. The molecule has 0 bridgehead atoms. The number of carbonyl (C=O) groups excluding carboxylic acids is 1. The van der Waals surface area contributed by atoms with Crippen molar-refractivity contribution in [2.24, 2.45) is 5.92 Å². The van der Waals surface area contributed by atoms with E-state index in [1.165, 1.54) is 0 Å². The van der Waals surface area contributed by atoms with Crippen LogP contribution in [0.5, 0.6) is 0 Å². The number of aliphatic carboxylic acids is 1. The van der Waals surface area contributed by atoms with Gasteiger partial charge in [0.05, 0.1) is 0 Å². The Morgan fingerprint density at radius 2 is 1.95 bits per heavy atom. The molecule has 1 aliphatic heterocycles. The molecule has 1 amide bonds. The molecule has 0 spiro atoms. The van der Waals surface area contributed by atoms with Crippen molar-refractivity contribution in [2.45, 2.75) is 38.1 Å². The van der Waals surface area contributed by atoms with Crippen molar-refractivity contribution in [3.05, 3.63) is 12.2 Å². The maximum atomic E-state index is 12.5. The average molecular weight is 267 g/mol. The molecule has 1 fully saturated rings. The molecule has 1 heterocycles. The zero-order valence-electron chi connectivity index (χ0n) is 11.1. The number of hydrogen-bond acceptors (Lipinski definition) is 3. The van der Waals surface area contributed by atoms with Crippen LogP contribution >= 0.6 is 0 Å². The Morgan fingerprint density at radius 1 is 1.21 bits per heavy atom. The number of ether oxygens (including phenoxy) is 1. The van der Waals surface area contributed by atoms with Crippen molar-refractivity contribution >= 4 is 11.9 Å². The largest absolute Gasteiger partial charge is 0.480 e. The fourth-order valence-corrected chi connectivity index (χ4v) is 2.78. The molecule has 2 rings (SSSR count). The molecule has 1 atom stereocenters. The lowest BCUT2D eigenvalue weighted by Crippen LogP contribution is -2.48. The molecule has 0 aromatic rings. The van der Waals surface area contributed by atoms with E-state index in [2.05, 4.69) is 6.08 Å². The predicted molar refractivity (Wildman–Crippen MR) is 69.7 cm³/mol. The number of amides is 1. The van der Waals surface area contributed by atoms with Gasteiger partial charge in [-0.1, -0.05) is 12.2 Å². The average Bonchev–Trinajstić information content (AvgIpc) is 2.46. The molecule has 1 saturated heterocycles. The Hall–Kier alpha value is -1.36. The summed E-state index contributed by atoms with van der Waals surface area (Å²) in [6, 6.07) is 0.0169. The van der Waals surface area contributed by atoms with Crippen molar-refractivity contribution in [1.29, 1.82) is 0 Å². The van der Waals surface area contributed by atoms with Crippen LogP contribution in [0.25, 0.3) is 0 Å². The summed E-state index contributed by atoms with van der Waals surface area (Å²) in [5.74, 6) is -0.989. The van der Waals surface area contributed by atoms with E-state index in [-0.39, 0.29) is 24.4 Å².